The first-order chi connectivity index (χ1) is 8.60. The van der Waals surface area contributed by atoms with Crippen LogP contribution in [0, 0.1) is 12.7 Å². The lowest BCUT2D eigenvalue weighted by atomic mass is 10.2. The molecule has 0 spiro atoms. The van der Waals surface area contributed by atoms with Crippen LogP contribution in [-0.2, 0) is 6.54 Å². The minimum absolute atomic E-state index is 0.299. The number of anilines is 2. The molecule has 0 aliphatic carbocycles. The van der Waals surface area contributed by atoms with Crippen molar-refractivity contribution in [1.82, 2.24) is 0 Å². The number of hydrogen-bond donors (Lipinski definition) is 2. The van der Waals surface area contributed by atoms with Crippen molar-refractivity contribution in [3.8, 4) is 5.75 Å². The van der Waals surface area contributed by atoms with E-state index >= 15 is 0 Å². The van der Waals surface area contributed by atoms with Crippen LogP contribution in [0.4, 0.5) is 15.8 Å². The van der Waals surface area contributed by atoms with Gasteiger partial charge >= 0.3 is 0 Å². The molecule has 0 aliphatic rings. The maximum atomic E-state index is 13.7. The molecule has 0 amide bonds. The van der Waals surface area contributed by atoms with Crippen LogP contribution < -0.4 is 15.8 Å². The third kappa shape index (κ3) is 2.73. The molecule has 0 fully saturated rings. The number of nitrogen functional groups attached to an aromatic ring is 1. The zero-order chi connectivity index (χ0) is 13.1. The number of thiophene rings is 1. The van der Waals surface area contributed by atoms with E-state index in [-0.39, 0.29) is 5.82 Å². The number of halogens is 1. The first kappa shape index (κ1) is 12.7. The van der Waals surface area contributed by atoms with Gasteiger partial charge in [-0.15, -0.1) is 11.3 Å². The molecule has 0 saturated carbocycles. The number of hydrogen-bond acceptors (Lipinski definition) is 4. The van der Waals surface area contributed by atoms with Crippen LogP contribution in [-0.4, -0.2) is 7.11 Å². The van der Waals surface area contributed by atoms with Gasteiger partial charge < -0.3 is 15.8 Å². The highest BCUT2D eigenvalue weighted by Gasteiger charge is 2.08. The molecule has 0 saturated heterocycles. The quantitative estimate of drug-likeness (QED) is 0.834. The van der Waals surface area contributed by atoms with Crippen LogP contribution >= 0.6 is 11.3 Å². The third-order valence-electron chi connectivity index (χ3n) is 2.57. The average Bonchev–Trinajstić information content (AvgIpc) is 2.74. The summed E-state index contributed by atoms with van der Waals surface area (Å²) in [5.41, 5.74) is 6.31. The van der Waals surface area contributed by atoms with Crippen molar-refractivity contribution in [2.45, 2.75) is 13.5 Å². The molecule has 1 heterocycles. The zero-order valence-electron chi connectivity index (χ0n) is 10.3. The Morgan fingerprint density at radius 2 is 2.17 bits per heavy atom. The number of nitrogens with one attached hydrogen (secondary N) is 1. The van der Waals surface area contributed by atoms with E-state index in [1.54, 1.807) is 17.4 Å². The van der Waals surface area contributed by atoms with E-state index < -0.39 is 0 Å². The Hall–Kier alpha value is -1.75. The molecule has 5 heteroatoms. The first-order valence-electron chi connectivity index (χ1n) is 5.52. The van der Waals surface area contributed by atoms with Gasteiger partial charge in [-0.2, -0.15) is 0 Å². The van der Waals surface area contributed by atoms with Crippen molar-refractivity contribution in [1.29, 1.82) is 0 Å². The van der Waals surface area contributed by atoms with E-state index in [4.69, 9.17) is 10.5 Å². The van der Waals surface area contributed by atoms with Gasteiger partial charge in [0.1, 0.15) is 11.6 Å². The van der Waals surface area contributed by atoms with E-state index in [2.05, 4.69) is 5.32 Å². The number of methoxy groups -OCH3 is 1. The average molecular weight is 266 g/mol. The standard InChI is InChI=1S/C13H15FN2OS/c1-8-3-4-9(18-8)7-16-12-6-13(17-2)11(15)5-10(12)14/h3-6,16H,7,15H2,1-2H3. The molecule has 2 rings (SSSR count). The molecule has 18 heavy (non-hydrogen) atoms. The van der Waals surface area contributed by atoms with Gasteiger partial charge in [-0.1, -0.05) is 0 Å². The molecule has 0 radical (unpaired) electrons. The SMILES string of the molecule is COc1cc(NCc2ccc(C)s2)c(F)cc1N. The smallest absolute Gasteiger partial charge is 0.148 e. The maximum Gasteiger partial charge on any atom is 0.148 e. The fourth-order valence-electron chi connectivity index (χ4n) is 1.64. The molecule has 0 bridgehead atoms. The highest BCUT2D eigenvalue weighted by Crippen LogP contribution is 2.28. The summed E-state index contributed by atoms with van der Waals surface area (Å²) >= 11 is 1.69. The number of nitrogens with two attached hydrogens (primary N) is 1. The number of aryl methyl sites for hydroxylation is 1. The molecule has 2 aromatic rings. The zero-order valence-corrected chi connectivity index (χ0v) is 11.1. The van der Waals surface area contributed by atoms with Crippen LogP contribution in [0.15, 0.2) is 24.3 Å². The lowest BCUT2D eigenvalue weighted by Gasteiger charge is -2.10. The minimum Gasteiger partial charge on any atom is -0.495 e. The topological polar surface area (TPSA) is 47.3 Å². The molecule has 96 valence electrons. The van der Waals surface area contributed by atoms with E-state index in [1.807, 2.05) is 19.1 Å². The van der Waals surface area contributed by atoms with Crippen molar-refractivity contribution in [2.24, 2.45) is 0 Å². The van der Waals surface area contributed by atoms with Gasteiger partial charge in [-0.25, -0.2) is 4.39 Å². The van der Waals surface area contributed by atoms with Crippen molar-refractivity contribution >= 4 is 22.7 Å². The predicted molar refractivity (Wildman–Crippen MR) is 73.7 cm³/mol. The fourth-order valence-corrected chi connectivity index (χ4v) is 2.47. The van der Waals surface area contributed by atoms with Crippen molar-refractivity contribution in [2.75, 3.05) is 18.2 Å². The molecule has 0 unspecified atom stereocenters. The lowest BCUT2D eigenvalue weighted by molar-refractivity contribution is 0.416. The molecule has 1 aromatic carbocycles. The Morgan fingerprint density at radius 1 is 1.39 bits per heavy atom. The van der Waals surface area contributed by atoms with Gasteiger partial charge in [0, 0.05) is 28.4 Å². The van der Waals surface area contributed by atoms with Crippen LogP contribution in [0.3, 0.4) is 0 Å². The van der Waals surface area contributed by atoms with Crippen LogP contribution in [0.5, 0.6) is 5.75 Å². The summed E-state index contributed by atoms with van der Waals surface area (Å²) in [5, 5.41) is 3.04. The van der Waals surface area contributed by atoms with E-state index in [1.165, 1.54) is 18.1 Å². The number of rotatable bonds is 4. The number of benzene rings is 1. The summed E-state index contributed by atoms with van der Waals surface area (Å²) in [6, 6.07) is 6.91. The van der Waals surface area contributed by atoms with Crippen molar-refractivity contribution in [3.63, 3.8) is 0 Å². The van der Waals surface area contributed by atoms with Gasteiger partial charge in [-0.3, -0.25) is 0 Å². The van der Waals surface area contributed by atoms with Crippen LogP contribution in [0.1, 0.15) is 9.75 Å². The summed E-state index contributed by atoms with van der Waals surface area (Å²) < 4.78 is 18.7. The van der Waals surface area contributed by atoms with Gasteiger partial charge in [0.2, 0.25) is 0 Å². The van der Waals surface area contributed by atoms with Gasteiger partial charge in [0.25, 0.3) is 0 Å². The van der Waals surface area contributed by atoms with E-state index in [0.717, 1.165) is 4.88 Å². The summed E-state index contributed by atoms with van der Waals surface area (Å²) in [5.74, 6) is 0.0999. The highest BCUT2D eigenvalue weighted by molar-refractivity contribution is 7.11. The Balaban J connectivity index is 2.13. The molecule has 0 atom stereocenters. The summed E-state index contributed by atoms with van der Waals surface area (Å²) in [6.45, 7) is 2.63. The molecule has 1 aromatic heterocycles. The van der Waals surface area contributed by atoms with Crippen LogP contribution in [0.2, 0.25) is 0 Å². The van der Waals surface area contributed by atoms with E-state index in [0.29, 0.717) is 23.7 Å². The molecule has 0 aliphatic heterocycles. The monoisotopic (exact) mass is 266 g/mol. The van der Waals surface area contributed by atoms with Gasteiger partial charge in [0.05, 0.1) is 18.5 Å². The van der Waals surface area contributed by atoms with Gasteiger partial charge in [0.15, 0.2) is 0 Å². The summed E-state index contributed by atoms with van der Waals surface area (Å²) in [6.07, 6.45) is 0. The largest absolute Gasteiger partial charge is 0.495 e. The Morgan fingerprint density at radius 3 is 2.78 bits per heavy atom. The Labute approximate surface area is 109 Å². The van der Waals surface area contributed by atoms with Gasteiger partial charge in [-0.05, 0) is 19.1 Å². The second-order valence-corrected chi connectivity index (χ2v) is 5.31. The highest BCUT2D eigenvalue weighted by atomic mass is 32.1. The molecule has 3 nitrogen and oxygen atoms in total. The normalized spacial score (nSPS) is 10.4. The fraction of sp³-hybridized carbons (Fsp3) is 0.231. The molecular weight excluding hydrogens is 251 g/mol. The van der Waals surface area contributed by atoms with E-state index in [9.17, 15) is 4.39 Å². The second-order valence-electron chi connectivity index (χ2n) is 3.94. The van der Waals surface area contributed by atoms with Crippen LogP contribution in [0.25, 0.3) is 0 Å². The lowest BCUT2D eigenvalue weighted by Crippen LogP contribution is -2.02. The first-order valence-corrected chi connectivity index (χ1v) is 6.34. The summed E-state index contributed by atoms with van der Waals surface area (Å²) in [7, 11) is 1.51. The predicted octanol–water partition coefficient (Wildman–Crippen LogP) is 3.40. The Kier molecular flexibility index (Phi) is 3.72. The number of ether oxygens (including phenoxy) is 1. The summed E-state index contributed by atoms with van der Waals surface area (Å²) in [4.78, 5) is 2.39. The molecule has 3 N–H and O–H groups in total. The Bertz CT molecular complexity index is 554. The minimum atomic E-state index is -0.374. The van der Waals surface area contributed by atoms with Crippen molar-refractivity contribution < 1.29 is 9.13 Å². The second kappa shape index (κ2) is 5.27. The third-order valence-corrected chi connectivity index (χ3v) is 3.57. The molecular formula is C13H15FN2OS. The van der Waals surface area contributed by atoms with Crippen molar-refractivity contribution in [3.05, 3.63) is 39.8 Å². The maximum absolute atomic E-state index is 13.7.